The van der Waals surface area contributed by atoms with Crippen molar-refractivity contribution in [3.8, 4) is 0 Å². The summed E-state index contributed by atoms with van der Waals surface area (Å²) in [5.74, 6) is 0. The maximum Gasteiger partial charge on any atom is 0.0685 e. The van der Waals surface area contributed by atoms with Crippen molar-refractivity contribution in [1.29, 1.82) is 0 Å². The zero-order valence-electron chi connectivity index (χ0n) is 13.4. The topological polar surface area (TPSA) is 48.4 Å². The van der Waals surface area contributed by atoms with Crippen molar-refractivity contribution in [2.75, 3.05) is 30.4 Å². The van der Waals surface area contributed by atoms with Crippen LogP contribution in [0.5, 0.6) is 0 Å². The summed E-state index contributed by atoms with van der Waals surface area (Å²) in [6.07, 6.45) is 3.99. The van der Waals surface area contributed by atoms with Crippen molar-refractivity contribution in [2.24, 2.45) is 0 Å². The van der Waals surface area contributed by atoms with Crippen LogP contribution in [0.1, 0.15) is 31.5 Å². The third-order valence-electron chi connectivity index (χ3n) is 3.71. The van der Waals surface area contributed by atoms with E-state index in [0.717, 1.165) is 29.9 Å². The summed E-state index contributed by atoms with van der Waals surface area (Å²) >= 11 is 0. The van der Waals surface area contributed by atoms with Gasteiger partial charge in [0.15, 0.2) is 0 Å². The molecule has 22 heavy (non-hydrogen) atoms. The number of hydrogen-bond donors (Lipinski definition) is 2. The standard InChI is InChI=1S/C18H25N3O/c1-3-6-18(17-7-4-5-12-19-17)20-15-8-10-16(11-9-15)21(2)13-14-22/h4-5,7-12,18,20,22H,3,6,13-14H2,1-2H3. The van der Waals surface area contributed by atoms with E-state index in [1.54, 1.807) is 0 Å². The molecule has 1 heterocycles. The minimum atomic E-state index is 0.161. The van der Waals surface area contributed by atoms with E-state index in [-0.39, 0.29) is 12.6 Å². The average molecular weight is 299 g/mol. The van der Waals surface area contributed by atoms with Gasteiger partial charge in [0, 0.05) is 31.2 Å². The number of pyridine rings is 1. The Labute approximate surface area is 132 Å². The Morgan fingerprint density at radius 1 is 1.18 bits per heavy atom. The molecule has 4 heteroatoms. The molecule has 0 fully saturated rings. The van der Waals surface area contributed by atoms with Gasteiger partial charge in [0.05, 0.1) is 18.3 Å². The fourth-order valence-corrected chi connectivity index (χ4v) is 2.46. The number of nitrogens with one attached hydrogen (secondary N) is 1. The van der Waals surface area contributed by atoms with Crippen molar-refractivity contribution in [3.05, 3.63) is 54.4 Å². The molecule has 0 amide bonds. The van der Waals surface area contributed by atoms with Crippen LogP contribution in [0.15, 0.2) is 48.7 Å². The van der Waals surface area contributed by atoms with Crippen molar-refractivity contribution >= 4 is 11.4 Å². The number of aliphatic hydroxyl groups excluding tert-OH is 1. The lowest BCUT2D eigenvalue weighted by molar-refractivity contribution is 0.304. The molecule has 0 aliphatic carbocycles. The lowest BCUT2D eigenvalue weighted by Gasteiger charge is -2.21. The third-order valence-corrected chi connectivity index (χ3v) is 3.71. The Kier molecular flexibility index (Phi) is 6.22. The number of nitrogens with zero attached hydrogens (tertiary/aromatic N) is 2. The monoisotopic (exact) mass is 299 g/mol. The zero-order valence-corrected chi connectivity index (χ0v) is 13.4. The molecule has 1 aromatic heterocycles. The average Bonchev–Trinajstić information content (AvgIpc) is 2.56. The van der Waals surface area contributed by atoms with E-state index in [9.17, 15) is 0 Å². The van der Waals surface area contributed by atoms with E-state index in [1.807, 2.05) is 30.3 Å². The number of aliphatic hydroxyl groups is 1. The van der Waals surface area contributed by atoms with Crippen LogP contribution in [0.3, 0.4) is 0 Å². The molecule has 118 valence electrons. The highest BCUT2D eigenvalue weighted by molar-refractivity contribution is 5.55. The molecular weight excluding hydrogens is 274 g/mol. The fourth-order valence-electron chi connectivity index (χ4n) is 2.46. The van der Waals surface area contributed by atoms with E-state index < -0.39 is 0 Å². The number of benzene rings is 1. The molecule has 1 atom stereocenters. The molecule has 2 N–H and O–H groups in total. The first kappa shape index (κ1) is 16.3. The Balaban J connectivity index is 2.07. The highest BCUT2D eigenvalue weighted by Gasteiger charge is 2.11. The summed E-state index contributed by atoms with van der Waals surface area (Å²) in [5, 5.41) is 12.6. The first-order valence-electron chi connectivity index (χ1n) is 7.84. The molecule has 0 bridgehead atoms. The summed E-state index contributed by atoms with van der Waals surface area (Å²) in [5.41, 5.74) is 3.26. The Bertz CT molecular complexity index is 542. The van der Waals surface area contributed by atoms with E-state index in [1.165, 1.54) is 0 Å². The van der Waals surface area contributed by atoms with Gasteiger partial charge in [-0.3, -0.25) is 4.98 Å². The minimum Gasteiger partial charge on any atom is -0.395 e. The van der Waals surface area contributed by atoms with Crippen LogP contribution in [-0.2, 0) is 0 Å². The molecule has 0 radical (unpaired) electrons. The van der Waals surface area contributed by atoms with Crippen LogP contribution in [-0.4, -0.2) is 30.3 Å². The summed E-state index contributed by atoms with van der Waals surface area (Å²) in [7, 11) is 1.98. The summed E-state index contributed by atoms with van der Waals surface area (Å²) in [6.45, 7) is 2.98. The van der Waals surface area contributed by atoms with Crippen molar-refractivity contribution < 1.29 is 5.11 Å². The van der Waals surface area contributed by atoms with Gasteiger partial charge in [-0.25, -0.2) is 0 Å². The number of rotatable bonds is 8. The van der Waals surface area contributed by atoms with Gasteiger partial charge in [-0.15, -0.1) is 0 Å². The number of hydrogen-bond acceptors (Lipinski definition) is 4. The highest BCUT2D eigenvalue weighted by atomic mass is 16.3. The van der Waals surface area contributed by atoms with Gasteiger partial charge in [0.1, 0.15) is 0 Å². The second-order valence-electron chi connectivity index (χ2n) is 5.43. The van der Waals surface area contributed by atoms with E-state index in [4.69, 9.17) is 5.11 Å². The number of likely N-dealkylation sites (N-methyl/N-ethyl adjacent to an activating group) is 1. The van der Waals surface area contributed by atoms with Crippen LogP contribution in [0.25, 0.3) is 0 Å². The second kappa shape index (κ2) is 8.39. The van der Waals surface area contributed by atoms with Crippen LogP contribution < -0.4 is 10.2 Å². The molecule has 0 spiro atoms. The van der Waals surface area contributed by atoms with Gasteiger partial charge in [-0.1, -0.05) is 19.4 Å². The lowest BCUT2D eigenvalue weighted by atomic mass is 10.1. The second-order valence-corrected chi connectivity index (χ2v) is 5.43. The van der Waals surface area contributed by atoms with E-state index in [2.05, 4.69) is 47.6 Å². The molecule has 1 unspecified atom stereocenters. The molecule has 1 aromatic carbocycles. The predicted molar refractivity (Wildman–Crippen MR) is 92.3 cm³/mol. The largest absolute Gasteiger partial charge is 0.395 e. The Hall–Kier alpha value is -2.07. The van der Waals surface area contributed by atoms with Gasteiger partial charge in [-0.05, 0) is 42.8 Å². The Morgan fingerprint density at radius 3 is 2.55 bits per heavy atom. The highest BCUT2D eigenvalue weighted by Crippen LogP contribution is 2.24. The molecular formula is C18H25N3O. The van der Waals surface area contributed by atoms with Gasteiger partial charge in [0.25, 0.3) is 0 Å². The summed E-state index contributed by atoms with van der Waals surface area (Å²) < 4.78 is 0. The van der Waals surface area contributed by atoms with Crippen molar-refractivity contribution in [3.63, 3.8) is 0 Å². The first-order chi connectivity index (χ1) is 10.7. The molecule has 0 saturated carbocycles. The third kappa shape index (κ3) is 4.46. The molecule has 4 nitrogen and oxygen atoms in total. The fraction of sp³-hybridized carbons (Fsp3) is 0.389. The molecule has 0 saturated heterocycles. The van der Waals surface area contributed by atoms with E-state index >= 15 is 0 Å². The van der Waals surface area contributed by atoms with Crippen LogP contribution in [0.4, 0.5) is 11.4 Å². The smallest absolute Gasteiger partial charge is 0.0685 e. The zero-order chi connectivity index (χ0) is 15.8. The minimum absolute atomic E-state index is 0.161. The van der Waals surface area contributed by atoms with Gasteiger partial charge in [-0.2, -0.15) is 0 Å². The molecule has 0 aliphatic heterocycles. The number of anilines is 2. The number of aromatic nitrogens is 1. The maximum absolute atomic E-state index is 9.00. The van der Waals surface area contributed by atoms with Gasteiger partial charge in [0.2, 0.25) is 0 Å². The SMILES string of the molecule is CCCC(Nc1ccc(N(C)CCO)cc1)c1ccccn1. The molecule has 2 rings (SSSR count). The van der Waals surface area contributed by atoms with Gasteiger partial charge < -0.3 is 15.3 Å². The quantitative estimate of drug-likeness (QED) is 0.783. The van der Waals surface area contributed by atoms with Crippen LogP contribution in [0.2, 0.25) is 0 Å². The maximum atomic E-state index is 9.00. The van der Waals surface area contributed by atoms with Crippen LogP contribution in [0, 0.1) is 0 Å². The van der Waals surface area contributed by atoms with Crippen LogP contribution >= 0.6 is 0 Å². The first-order valence-corrected chi connectivity index (χ1v) is 7.84. The predicted octanol–water partition coefficient (Wildman–Crippen LogP) is 3.46. The molecule has 2 aromatic rings. The normalized spacial score (nSPS) is 12.0. The summed E-state index contributed by atoms with van der Waals surface area (Å²) in [6, 6.07) is 14.6. The van der Waals surface area contributed by atoms with Gasteiger partial charge >= 0.3 is 0 Å². The Morgan fingerprint density at radius 2 is 1.95 bits per heavy atom. The molecule has 0 aliphatic rings. The van der Waals surface area contributed by atoms with E-state index in [0.29, 0.717) is 6.54 Å². The van der Waals surface area contributed by atoms with Crippen molar-refractivity contribution in [1.82, 2.24) is 4.98 Å². The lowest BCUT2D eigenvalue weighted by Crippen LogP contribution is -2.21. The van der Waals surface area contributed by atoms with Crippen molar-refractivity contribution in [2.45, 2.75) is 25.8 Å². The summed E-state index contributed by atoms with van der Waals surface area (Å²) in [4.78, 5) is 6.50.